The fourth-order valence-corrected chi connectivity index (χ4v) is 2.28. The smallest absolute Gasteiger partial charge is 0.437 e. The van der Waals surface area contributed by atoms with E-state index in [-0.39, 0.29) is 5.89 Å². The van der Waals surface area contributed by atoms with Crippen molar-refractivity contribution < 1.29 is 27.5 Å². The number of carbonyl (C=O) groups is 1. The number of aromatic carboxylic acids is 1. The molecule has 100 valence electrons. The highest BCUT2D eigenvalue weighted by Gasteiger charge is 2.44. The Morgan fingerprint density at radius 2 is 1.94 bits per heavy atom. The van der Waals surface area contributed by atoms with Gasteiger partial charge in [-0.2, -0.15) is 13.2 Å². The molecule has 1 heterocycles. The SMILES string of the molecule is CC1(c2nc(C(F)(F)F)c(C(=O)O)o2)CCCC1. The van der Waals surface area contributed by atoms with Crippen LogP contribution in [0.3, 0.4) is 0 Å². The Bertz CT molecular complexity index is 472. The maximum atomic E-state index is 12.6. The lowest BCUT2D eigenvalue weighted by Gasteiger charge is -2.18. The number of nitrogens with zero attached hydrogens (tertiary/aromatic N) is 1. The molecular weight excluding hydrogens is 251 g/mol. The third kappa shape index (κ3) is 2.09. The van der Waals surface area contributed by atoms with Crippen molar-refractivity contribution in [3.05, 3.63) is 17.3 Å². The monoisotopic (exact) mass is 263 g/mol. The summed E-state index contributed by atoms with van der Waals surface area (Å²) in [5.74, 6) is -2.99. The zero-order valence-electron chi connectivity index (χ0n) is 9.67. The van der Waals surface area contributed by atoms with Crippen LogP contribution >= 0.6 is 0 Å². The number of halogens is 3. The van der Waals surface area contributed by atoms with E-state index in [4.69, 9.17) is 9.52 Å². The number of oxazole rings is 1. The topological polar surface area (TPSA) is 63.3 Å². The van der Waals surface area contributed by atoms with Crippen LogP contribution in [0.4, 0.5) is 13.2 Å². The average molecular weight is 263 g/mol. The minimum absolute atomic E-state index is 0.121. The van der Waals surface area contributed by atoms with Gasteiger partial charge in [-0.3, -0.25) is 0 Å². The highest BCUT2D eigenvalue weighted by Crippen LogP contribution is 2.42. The lowest BCUT2D eigenvalue weighted by molar-refractivity contribution is -0.141. The second-order valence-electron chi connectivity index (χ2n) is 4.77. The van der Waals surface area contributed by atoms with E-state index in [2.05, 4.69) is 4.98 Å². The minimum Gasteiger partial charge on any atom is -0.475 e. The van der Waals surface area contributed by atoms with Gasteiger partial charge in [0.05, 0.1) is 0 Å². The first-order chi connectivity index (χ1) is 8.24. The Morgan fingerprint density at radius 1 is 1.39 bits per heavy atom. The fourth-order valence-electron chi connectivity index (χ4n) is 2.28. The predicted molar refractivity (Wildman–Crippen MR) is 54.3 cm³/mol. The van der Waals surface area contributed by atoms with E-state index in [1.807, 2.05) is 0 Å². The van der Waals surface area contributed by atoms with Crippen LogP contribution in [-0.4, -0.2) is 16.1 Å². The third-order valence-electron chi connectivity index (χ3n) is 3.31. The fraction of sp³-hybridized carbons (Fsp3) is 0.636. The van der Waals surface area contributed by atoms with Gasteiger partial charge in [-0.05, 0) is 12.8 Å². The molecule has 1 aliphatic carbocycles. The number of carboxylic acid groups (broad SMARTS) is 1. The summed E-state index contributed by atoms with van der Waals surface area (Å²) < 4.78 is 42.8. The quantitative estimate of drug-likeness (QED) is 0.889. The van der Waals surface area contributed by atoms with Gasteiger partial charge in [0, 0.05) is 5.41 Å². The number of carboxylic acids is 1. The molecule has 0 aromatic carbocycles. The second-order valence-corrected chi connectivity index (χ2v) is 4.77. The molecule has 0 bridgehead atoms. The van der Waals surface area contributed by atoms with Crippen molar-refractivity contribution in [1.82, 2.24) is 4.98 Å². The maximum Gasteiger partial charge on any atom is 0.437 e. The van der Waals surface area contributed by atoms with E-state index in [1.165, 1.54) is 0 Å². The van der Waals surface area contributed by atoms with E-state index in [0.717, 1.165) is 12.8 Å². The van der Waals surface area contributed by atoms with Crippen LogP contribution in [-0.2, 0) is 11.6 Å². The molecule has 7 heteroatoms. The lowest BCUT2D eigenvalue weighted by atomic mass is 9.89. The zero-order valence-corrected chi connectivity index (χ0v) is 9.67. The van der Waals surface area contributed by atoms with Gasteiger partial charge >= 0.3 is 12.1 Å². The van der Waals surface area contributed by atoms with Crippen LogP contribution in [0, 0.1) is 0 Å². The van der Waals surface area contributed by atoms with Gasteiger partial charge < -0.3 is 9.52 Å². The normalized spacial score (nSPS) is 19.1. The van der Waals surface area contributed by atoms with Crippen molar-refractivity contribution in [2.75, 3.05) is 0 Å². The molecule has 1 N–H and O–H groups in total. The van der Waals surface area contributed by atoms with Crippen molar-refractivity contribution in [2.24, 2.45) is 0 Å². The van der Waals surface area contributed by atoms with Crippen LogP contribution in [0.5, 0.6) is 0 Å². The van der Waals surface area contributed by atoms with E-state index in [1.54, 1.807) is 6.92 Å². The van der Waals surface area contributed by atoms with Gasteiger partial charge in [0.1, 0.15) is 0 Å². The molecule has 1 aromatic rings. The van der Waals surface area contributed by atoms with Crippen LogP contribution in [0.25, 0.3) is 0 Å². The first kappa shape index (κ1) is 12.9. The molecular formula is C11H12F3NO3. The summed E-state index contributed by atoms with van der Waals surface area (Å²) in [6.45, 7) is 1.75. The largest absolute Gasteiger partial charge is 0.475 e. The molecule has 0 atom stereocenters. The maximum absolute atomic E-state index is 12.6. The highest BCUT2D eigenvalue weighted by atomic mass is 19.4. The Balaban J connectivity index is 2.49. The van der Waals surface area contributed by atoms with Gasteiger partial charge in [0.15, 0.2) is 5.69 Å². The van der Waals surface area contributed by atoms with E-state index in [9.17, 15) is 18.0 Å². The van der Waals surface area contributed by atoms with E-state index < -0.39 is 29.0 Å². The number of rotatable bonds is 2. The summed E-state index contributed by atoms with van der Waals surface area (Å²) in [5, 5.41) is 8.74. The zero-order chi connectivity index (χ0) is 13.6. The summed E-state index contributed by atoms with van der Waals surface area (Å²) in [6, 6.07) is 0. The molecule has 2 rings (SSSR count). The molecule has 1 fully saturated rings. The summed E-state index contributed by atoms with van der Waals surface area (Å²) >= 11 is 0. The molecule has 0 spiro atoms. The summed E-state index contributed by atoms with van der Waals surface area (Å²) in [5.41, 5.74) is -2.04. The van der Waals surface area contributed by atoms with Crippen molar-refractivity contribution >= 4 is 5.97 Å². The van der Waals surface area contributed by atoms with Crippen molar-refractivity contribution in [2.45, 2.75) is 44.2 Å². The molecule has 0 radical (unpaired) electrons. The Hall–Kier alpha value is -1.53. The first-order valence-electron chi connectivity index (χ1n) is 5.56. The highest BCUT2D eigenvalue weighted by molar-refractivity contribution is 5.85. The molecule has 0 unspecified atom stereocenters. The first-order valence-corrected chi connectivity index (χ1v) is 5.56. The van der Waals surface area contributed by atoms with Gasteiger partial charge in [0.25, 0.3) is 0 Å². The number of aromatic nitrogens is 1. The van der Waals surface area contributed by atoms with Crippen molar-refractivity contribution in [3.8, 4) is 0 Å². The standard InChI is InChI=1S/C11H12F3NO3/c1-10(4-2-3-5-10)9-15-7(11(12,13)14)6(18-9)8(16)17/h2-5H2,1H3,(H,16,17). The molecule has 4 nitrogen and oxygen atoms in total. The summed E-state index contributed by atoms with van der Waals surface area (Å²) in [4.78, 5) is 14.2. The van der Waals surface area contributed by atoms with Gasteiger partial charge in [-0.1, -0.05) is 19.8 Å². The third-order valence-corrected chi connectivity index (χ3v) is 3.31. The Kier molecular flexibility index (Phi) is 2.87. The predicted octanol–water partition coefficient (Wildman–Crippen LogP) is 3.22. The Morgan fingerprint density at radius 3 is 2.33 bits per heavy atom. The molecule has 0 amide bonds. The van der Waals surface area contributed by atoms with Crippen LogP contribution < -0.4 is 0 Å². The number of alkyl halides is 3. The molecule has 1 aromatic heterocycles. The molecule has 18 heavy (non-hydrogen) atoms. The lowest BCUT2D eigenvalue weighted by Crippen LogP contribution is -2.18. The molecule has 0 saturated heterocycles. The number of hydrogen-bond acceptors (Lipinski definition) is 3. The number of hydrogen-bond donors (Lipinski definition) is 1. The van der Waals surface area contributed by atoms with E-state index in [0.29, 0.717) is 12.8 Å². The van der Waals surface area contributed by atoms with Crippen LogP contribution in [0.1, 0.15) is 54.7 Å². The van der Waals surface area contributed by atoms with Crippen molar-refractivity contribution in [3.63, 3.8) is 0 Å². The van der Waals surface area contributed by atoms with E-state index >= 15 is 0 Å². The average Bonchev–Trinajstić information content (AvgIpc) is 2.82. The van der Waals surface area contributed by atoms with Gasteiger partial charge in [-0.25, -0.2) is 9.78 Å². The van der Waals surface area contributed by atoms with Gasteiger partial charge in [0.2, 0.25) is 11.7 Å². The van der Waals surface area contributed by atoms with Crippen LogP contribution in [0.15, 0.2) is 4.42 Å². The molecule has 1 aliphatic rings. The van der Waals surface area contributed by atoms with Crippen LogP contribution in [0.2, 0.25) is 0 Å². The molecule has 0 aliphatic heterocycles. The van der Waals surface area contributed by atoms with Gasteiger partial charge in [-0.15, -0.1) is 0 Å². The summed E-state index contributed by atoms with van der Waals surface area (Å²) in [6.07, 6.45) is -1.75. The Labute approximate surface area is 101 Å². The summed E-state index contributed by atoms with van der Waals surface area (Å²) in [7, 11) is 0. The molecule has 1 saturated carbocycles. The second kappa shape index (κ2) is 4.00. The minimum atomic E-state index is -4.82. The van der Waals surface area contributed by atoms with Crippen molar-refractivity contribution in [1.29, 1.82) is 0 Å².